The molecule has 3 N–H and O–H groups in total. The summed E-state index contributed by atoms with van der Waals surface area (Å²) in [5.41, 5.74) is 0.773. The quantitative estimate of drug-likeness (QED) is 0.818. The van der Waals surface area contributed by atoms with Gasteiger partial charge < -0.3 is 5.32 Å². The van der Waals surface area contributed by atoms with Crippen LogP contribution in [0.2, 0.25) is 0 Å². The van der Waals surface area contributed by atoms with Crippen molar-refractivity contribution in [1.29, 1.82) is 0 Å². The van der Waals surface area contributed by atoms with E-state index >= 15 is 0 Å². The van der Waals surface area contributed by atoms with Crippen molar-refractivity contribution in [1.82, 2.24) is 0 Å². The van der Waals surface area contributed by atoms with E-state index in [1.165, 1.54) is 12.1 Å². The van der Waals surface area contributed by atoms with E-state index in [9.17, 15) is 8.42 Å². The molecule has 0 bridgehead atoms. The predicted molar refractivity (Wildman–Crippen MR) is 61.1 cm³/mol. The zero-order chi connectivity index (χ0) is 11.5. The summed E-state index contributed by atoms with van der Waals surface area (Å²) in [6, 6.07) is 6.51. The van der Waals surface area contributed by atoms with Crippen molar-refractivity contribution in [2.75, 3.05) is 11.9 Å². The molecule has 1 aromatic rings. The minimum absolute atomic E-state index is 0.135. The third-order valence-electron chi connectivity index (χ3n) is 1.88. The molecule has 0 radical (unpaired) electrons. The Bertz CT molecular complexity index is 427. The normalized spacial score (nSPS) is 11.7. The largest absolute Gasteiger partial charge is 0.385 e. The first-order valence-electron chi connectivity index (χ1n) is 4.76. The Labute approximate surface area is 90.5 Å². The number of anilines is 1. The smallest absolute Gasteiger partial charge is 0.238 e. The minimum atomic E-state index is -3.60. The van der Waals surface area contributed by atoms with Crippen molar-refractivity contribution in [3.63, 3.8) is 0 Å². The van der Waals surface area contributed by atoms with Crippen LogP contribution in [0.3, 0.4) is 0 Å². The Balaban J connectivity index is 2.84. The second kappa shape index (κ2) is 4.63. The molecule has 15 heavy (non-hydrogen) atoms. The van der Waals surface area contributed by atoms with Crippen molar-refractivity contribution in [2.24, 2.45) is 11.1 Å². The molecule has 0 atom stereocenters. The second-order valence-electron chi connectivity index (χ2n) is 3.85. The van der Waals surface area contributed by atoms with Crippen LogP contribution in [0.4, 0.5) is 5.69 Å². The third kappa shape index (κ3) is 3.89. The van der Waals surface area contributed by atoms with Crippen LogP contribution >= 0.6 is 0 Å². The lowest BCUT2D eigenvalue weighted by molar-refractivity contribution is 0.598. The van der Waals surface area contributed by atoms with Crippen molar-refractivity contribution < 1.29 is 8.42 Å². The lowest BCUT2D eigenvalue weighted by Gasteiger charge is -2.09. The van der Waals surface area contributed by atoms with Gasteiger partial charge in [-0.15, -0.1) is 0 Å². The summed E-state index contributed by atoms with van der Waals surface area (Å²) < 4.78 is 22.1. The van der Waals surface area contributed by atoms with Gasteiger partial charge in [0.05, 0.1) is 4.90 Å². The fourth-order valence-electron chi connectivity index (χ4n) is 1.11. The Hall–Kier alpha value is -1.07. The van der Waals surface area contributed by atoms with Gasteiger partial charge in [-0.25, -0.2) is 13.6 Å². The number of nitrogens with one attached hydrogen (secondary N) is 1. The number of sulfonamides is 1. The highest BCUT2D eigenvalue weighted by Crippen LogP contribution is 2.14. The van der Waals surface area contributed by atoms with E-state index in [2.05, 4.69) is 19.2 Å². The monoisotopic (exact) mass is 228 g/mol. The minimum Gasteiger partial charge on any atom is -0.385 e. The van der Waals surface area contributed by atoms with Gasteiger partial charge in [0.1, 0.15) is 0 Å². The molecule has 0 aliphatic heterocycles. The number of hydrogen-bond acceptors (Lipinski definition) is 3. The van der Waals surface area contributed by atoms with Crippen LogP contribution in [0.5, 0.6) is 0 Å². The zero-order valence-corrected chi connectivity index (χ0v) is 9.71. The maximum Gasteiger partial charge on any atom is 0.238 e. The van der Waals surface area contributed by atoms with Gasteiger partial charge in [-0.2, -0.15) is 0 Å². The summed E-state index contributed by atoms with van der Waals surface area (Å²) in [4.78, 5) is 0.135. The highest BCUT2D eigenvalue weighted by molar-refractivity contribution is 7.89. The lowest BCUT2D eigenvalue weighted by atomic mass is 10.2. The first kappa shape index (κ1) is 12.0. The summed E-state index contributed by atoms with van der Waals surface area (Å²) in [6.07, 6.45) is 0. The average molecular weight is 228 g/mol. The van der Waals surface area contributed by atoms with Crippen LogP contribution in [0, 0.1) is 5.92 Å². The van der Waals surface area contributed by atoms with Gasteiger partial charge in [0, 0.05) is 12.2 Å². The molecular weight excluding hydrogens is 212 g/mol. The molecule has 84 valence electrons. The van der Waals surface area contributed by atoms with E-state index in [0.717, 1.165) is 12.2 Å². The molecule has 0 amide bonds. The zero-order valence-electron chi connectivity index (χ0n) is 8.90. The van der Waals surface area contributed by atoms with Crippen LogP contribution in [-0.4, -0.2) is 15.0 Å². The van der Waals surface area contributed by atoms with E-state index in [-0.39, 0.29) is 4.90 Å². The van der Waals surface area contributed by atoms with Gasteiger partial charge in [-0.3, -0.25) is 0 Å². The predicted octanol–water partition coefficient (Wildman–Crippen LogP) is 1.40. The molecule has 0 heterocycles. The maximum atomic E-state index is 11.1. The van der Waals surface area contributed by atoms with Crippen LogP contribution in [0.25, 0.3) is 0 Å². The van der Waals surface area contributed by atoms with E-state index in [0.29, 0.717) is 5.92 Å². The molecule has 5 heteroatoms. The molecule has 0 saturated carbocycles. The number of primary sulfonamides is 1. The molecule has 0 fully saturated rings. The van der Waals surface area contributed by atoms with Crippen LogP contribution in [0.1, 0.15) is 13.8 Å². The fraction of sp³-hybridized carbons (Fsp3) is 0.400. The molecule has 1 rings (SSSR count). The third-order valence-corrected chi connectivity index (χ3v) is 2.79. The Kier molecular flexibility index (Phi) is 3.71. The van der Waals surface area contributed by atoms with Gasteiger partial charge in [0.2, 0.25) is 10.0 Å². The van der Waals surface area contributed by atoms with Crippen LogP contribution in [0.15, 0.2) is 29.2 Å². The number of hydrogen-bond donors (Lipinski definition) is 2. The summed E-state index contributed by atoms with van der Waals surface area (Å²) in [5.74, 6) is 0.503. The number of rotatable bonds is 4. The van der Waals surface area contributed by atoms with Gasteiger partial charge in [-0.05, 0) is 24.1 Å². The highest BCUT2D eigenvalue weighted by Gasteiger charge is 2.07. The highest BCUT2D eigenvalue weighted by atomic mass is 32.2. The van der Waals surface area contributed by atoms with Crippen LogP contribution < -0.4 is 10.5 Å². The molecule has 0 unspecified atom stereocenters. The van der Waals surface area contributed by atoms with E-state index in [4.69, 9.17) is 5.14 Å². The molecule has 0 aliphatic carbocycles. The van der Waals surface area contributed by atoms with Crippen molar-refractivity contribution in [3.8, 4) is 0 Å². The van der Waals surface area contributed by atoms with Crippen molar-refractivity contribution >= 4 is 15.7 Å². The Morgan fingerprint density at radius 3 is 2.60 bits per heavy atom. The first-order chi connectivity index (χ1) is 6.89. The average Bonchev–Trinajstić information content (AvgIpc) is 2.14. The standard InChI is InChI=1S/C10H16N2O2S/c1-8(2)7-12-9-4-3-5-10(6-9)15(11,13)14/h3-6,8,12H,7H2,1-2H3,(H2,11,13,14). The van der Waals surface area contributed by atoms with Crippen molar-refractivity contribution in [3.05, 3.63) is 24.3 Å². The molecule has 0 saturated heterocycles. The van der Waals surface area contributed by atoms with Crippen molar-refractivity contribution in [2.45, 2.75) is 18.7 Å². The fourth-order valence-corrected chi connectivity index (χ4v) is 1.66. The Morgan fingerprint density at radius 2 is 2.07 bits per heavy atom. The van der Waals surface area contributed by atoms with E-state index < -0.39 is 10.0 Å². The topological polar surface area (TPSA) is 72.2 Å². The molecule has 1 aromatic carbocycles. The SMILES string of the molecule is CC(C)CNc1cccc(S(N)(=O)=O)c1. The van der Waals surface area contributed by atoms with Gasteiger partial charge >= 0.3 is 0 Å². The molecule has 0 aromatic heterocycles. The molecule has 0 spiro atoms. The second-order valence-corrected chi connectivity index (χ2v) is 5.41. The van der Waals surface area contributed by atoms with Gasteiger partial charge in [0.25, 0.3) is 0 Å². The first-order valence-corrected chi connectivity index (χ1v) is 6.31. The van der Waals surface area contributed by atoms with Gasteiger partial charge in [-0.1, -0.05) is 19.9 Å². The number of nitrogens with two attached hydrogens (primary N) is 1. The summed E-state index contributed by atoms with van der Waals surface area (Å²) in [6.45, 7) is 4.96. The summed E-state index contributed by atoms with van der Waals surface area (Å²) in [5, 5.41) is 8.16. The lowest BCUT2D eigenvalue weighted by Crippen LogP contribution is -2.13. The number of benzene rings is 1. The Morgan fingerprint density at radius 1 is 1.40 bits per heavy atom. The summed E-state index contributed by atoms with van der Waals surface area (Å²) >= 11 is 0. The molecular formula is C10H16N2O2S. The summed E-state index contributed by atoms with van der Waals surface area (Å²) in [7, 11) is -3.60. The maximum absolute atomic E-state index is 11.1. The molecule has 0 aliphatic rings. The molecule has 4 nitrogen and oxygen atoms in total. The van der Waals surface area contributed by atoms with E-state index in [1.54, 1.807) is 6.07 Å². The van der Waals surface area contributed by atoms with E-state index in [1.807, 2.05) is 6.07 Å². The van der Waals surface area contributed by atoms with Gasteiger partial charge in [0.15, 0.2) is 0 Å². The van der Waals surface area contributed by atoms with Crippen LogP contribution in [-0.2, 0) is 10.0 Å².